The first-order valence-electron chi connectivity index (χ1n) is 12.2. The fourth-order valence-corrected chi connectivity index (χ4v) is 5.14. The molecule has 0 amide bonds. The van der Waals surface area contributed by atoms with Gasteiger partial charge in [-0.15, -0.1) is 0 Å². The quantitative estimate of drug-likeness (QED) is 0.243. The van der Waals surface area contributed by atoms with Crippen LogP contribution in [0.4, 0.5) is 17.1 Å². The molecule has 0 radical (unpaired) electrons. The average Bonchev–Trinajstić information content (AvgIpc) is 3.38. The highest BCUT2D eigenvalue weighted by Gasteiger charge is 2.19. The highest BCUT2D eigenvalue weighted by Crippen LogP contribution is 2.43. The van der Waals surface area contributed by atoms with Crippen LogP contribution in [0.5, 0.6) is 0 Å². The summed E-state index contributed by atoms with van der Waals surface area (Å²) < 4.78 is 6.31. The Morgan fingerprint density at radius 2 is 1.14 bits per heavy atom. The Morgan fingerprint density at radius 3 is 2.03 bits per heavy atom. The molecule has 7 rings (SSSR count). The van der Waals surface area contributed by atoms with E-state index in [9.17, 15) is 0 Å². The molecule has 0 aliphatic heterocycles. The number of furan rings is 1. The highest BCUT2D eigenvalue weighted by molar-refractivity contribution is 6.08. The van der Waals surface area contributed by atoms with Crippen molar-refractivity contribution in [3.63, 3.8) is 0 Å². The van der Waals surface area contributed by atoms with Crippen molar-refractivity contribution in [1.82, 2.24) is 0 Å². The van der Waals surface area contributed by atoms with Crippen molar-refractivity contribution >= 4 is 49.6 Å². The van der Waals surface area contributed by atoms with E-state index in [1.807, 2.05) is 18.2 Å². The lowest BCUT2D eigenvalue weighted by Crippen LogP contribution is -2.11. The zero-order valence-electron chi connectivity index (χ0n) is 19.6. The molecule has 0 fully saturated rings. The Bertz CT molecular complexity index is 1820. The standard InChI is InChI=1S/C34H23NO/c1-2-12-27(13-3-1)35(28-20-21-30-25(22-28)19-18-24-10-4-6-14-29(24)30)32-16-8-7-15-31(32)34-23-26-11-5-9-17-33(26)36-34/h1-23H. The second-order valence-electron chi connectivity index (χ2n) is 9.03. The van der Waals surface area contributed by atoms with Crippen molar-refractivity contribution in [3.8, 4) is 11.3 Å². The van der Waals surface area contributed by atoms with Gasteiger partial charge in [0, 0.05) is 22.3 Å². The number of anilines is 3. The van der Waals surface area contributed by atoms with E-state index in [1.165, 1.54) is 21.5 Å². The van der Waals surface area contributed by atoms with Crippen LogP contribution in [0, 0.1) is 0 Å². The summed E-state index contributed by atoms with van der Waals surface area (Å²) in [6.07, 6.45) is 0. The average molecular weight is 462 g/mol. The molecule has 0 spiro atoms. The number of rotatable bonds is 4. The van der Waals surface area contributed by atoms with Crippen molar-refractivity contribution in [2.75, 3.05) is 4.90 Å². The van der Waals surface area contributed by atoms with Crippen LogP contribution in [-0.4, -0.2) is 0 Å². The number of nitrogens with zero attached hydrogens (tertiary/aromatic N) is 1. The van der Waals surface area contributed by atoms with E-state index >= 15 is 0 Å². The van der Waals surface area contributed by atoms with Crippen LogP contribution in [0.25, 0.3) is 43.8 Å². The van der Waals surface area contributed by atoms with Gasteiger partial charge in [-0.2, -0.15) is 0 Å². The van der Waals surface area contributed by atoms with Crippen molar-refractivity contribution in [2.24, 2.45) is 0 Å². The smallest absolute Gasteiger partial charge is 0.137 e. The molecule has 0 saturated carbocycles. The van der Waals surface area contributed by atoms with Crippen LogP contribution in [0.1, 0.15) is 0 Å². The lowest BCUT2D eigenvalue weighted by atomic mass is 10.0. The van der Waals surface area contributed by atoms with Crippen molar-refractivity contribution in [1.29, 1.82) is 0 Å². The van der Waals surface area contributed by atoms with E-state index in [1.54, 1.807) is 0 Å². The summed E-state index contributed by atoms with van der Waals surface area (Å²) in [6.45, 7) is 0. The predicted molar refractivity (Wildman–Crippen MR) is 151 cm³/mol. The predicted octanol–water partition coefficient (Wildman–Crippen LogP) is 9.88. The summed E-state index contributed by atoms with van der Waals surface area (Å²) in [5.74, 6) is 0.861. The Kier molecular flexibility index (Phi) is 4.82. The Hall–Kier alpha value is -4.82. The lowest BCUT2D eigenvalue weighted by Gasteiger charge is -2.27. The fourth-order valence-electron chi connectivity index (χ4n) is 5.14. The summed E-state index contributed by atoms with van der Waals surface area (Å²) in [5, 5.41) is 6.11. The first-order chi connectivity index (χ1) is 17.8. The van der Waals surface area contributed by atoms with Crippen LogP contribution >= 0.6 is 0 Å². The molecule has 2 heteroatoms. The summed E-state index contributed by atoms with van der Waals surface area (Å²) in [7, 11) is 0. The molecule has 36 heavy (non-hydrogen) atoms. The minimum atomic E-state index is 0.861. The van der Waals surface area contributed by atoms with Crippen molar-refractivity contribution < 1.29 is 4.42 Å². The van der Waals surface area contributed by atoms with Gasteiger partial charge in [0.05, 0.1) is 5.69 Å². The van der Waals surface area contributed by atoms with Gasteiger partial charge in [-0.1, -0.05) is 91.0 Å². The van der Waals surface area contributed by atoms with Gasteiger partial charge in [0.2, 0.25) is 0 Å². The maximum absolute atomic E-state index is 6.31. The SMILES string of the molecule is c1ccc(N(c2ccc3c(ccc4ccccc43)c2)c2ccccc2-c2cc3ccccc3o2)cc1. The summed E-state index contributed by atoms with van der Waals surface area (Å²) in [5.41, 5.74) is 5.22. The van der Waals surface area contributed by atoms with Crippen LogP contribution in [0.3, 0.4) is 0 Å². The normalized spacial score (nSPS) is 11.3. The molecule has 2 nitrogen and oxygen atoms in total. The largest absolute Gasteiger partial charge is 0.456 e. The summed E-state index contributed by atoms with van der Waals surface area (Å²) in [6, 6.07) is 49.0. The zero-order valence-corrected chi connectivity index (χ0v) is 19.6. The van der Waals surface area contributed by atoms with E-state index in [4.69, 9.17) is 4.42 Å². The Labute approximate surface area is 209 Å². The molecule has 0 aliphatic carbocycles. The first-order valence-corrected chi connectivity index (χ1v) is 12.2. The molecule has 0 N–H and O–H groups in total. The second-order valence-corrected chi connectivity index (χ2v) is 9.03. The van der Waals surface area contributed by atoms with Crippen molar-refractivity contribution in [2.45, 2.75) is 0 Å². The minimum Gasteiger partial charge on any atom is -0.456 e. The third kappa shape index (κ3) is 3.43. The third-order valence-electron chi connectivity index (χ3n) is 6.84. The number of fused-ring (bicyclic) bond motifs is 4. The summed E-state index contributed by atoms with van der Waals surface area (Å²) >= 11 is 0. The molecule has 0 unspecified atom stereocenters. The molecule has 7 aromatic rings. The Morgan fingerprint density at radius 1 is 0.444 bits per heavy atom. The maximum atomic E-state index is 6.31. The van der Waals surface area contributed by atoms with E-state index in [0.29, 0.717) is 0 Å². The van der Waals surface area contributed by atoms with Gasteiger partial charge < -0.3 is 9.32 Å². The highest BCUT2D eigenvalue weighted by atomic mass is 16.3. The number of hydrogen-bond donors (Lipinski definition) is 0. The van der Waals surface area contributed by atoms with E-state index in [-0.39, 0.29) is 0 Å². The minimum absolute atomic E-state index is 0.861. The molecule has 1 heterocycles. The molecule has 0 aliphatic rings. The van der Waals surface area contributed by atoms with E-state index in [2.05, 4.69) is 126 Å². The van der Waals surface area contributed by atoms with Gasteiger partial charge in [-0.25, -0.2) is 0 Å². The van der Waals surface area contributed by atoms with Gasteiger partial charge in [-0.05, 0) is 70.1 Å². The fraction of sp³-hybridized carbons (Fsp3) is 0. The maximum Gasteiger partial charge on any atom is 0.137 e. The molecule has 0 atom stereocenters. The second kappa shape index (κ2) is 8.44. The number of para-hydroxylation sites is 3. The lowest BCUT2D eigenvalue weighted by molar-refractivity contribution is 0.631. The van der Waals surface area contributed by atoms with Gasteiger partial charge >= 0.3 is 0 Å². The molecule has 0 saturated heterocycles. The van der Waals surface area contributed by atoms with Crippen molar-refractivity contribution in [3.05, 3.63) is 140 Å². The number of benzene rings is 6. The van der Waals surface area contributed by atoms with E-state index < -0.39 is 0 Å². The van der Waals surface area contributed by atoms with Gasteiger partial charge in [0.25, 0.3) is 0 Å². The number of hydrogen-bond acceptors (Lipinski definition) is 2. The van der Waals surface area contributed by atoms with Crippen LogP contribution in [-0.2, 0) is 0 Å². The van der Waals surface area contributed by atoms with Gasteiger partial charge in [0.1, 0.15) is 11.3 Å². The molecular weight excluding hydrogens is 438 g/mol. The summed E-state index contributed by atoms with van der Waals surface area (Å²) in [4.78, 5) is 2.32. The van der Waals surface area contributed by atoms with Gasteiger partial charge in [-0.3, -0.25) is 0 Å². The van der Waals surface area contributed by atoms with Crippen LogP contribution in [0.15, 0.2) is 144 Å². The van der Waals surface area contributed by atoms with Crippen LogP contribution in [0.2, 0.25) is 0 Å². The topological polar surface area (TPSA) is 16.4 Å². The molecule has 0 bridgehead atoms. The molecule has 6 aromatic carbocycles. The Balaban J connectivity index is 1.45. The monoisotopic (exact) mass is 461 g/mol. The molecule has 1 aromatic heterocycles. The van der Waals surface area contributed by atoms with Gasteiger partial charge in [0.15, 0.2) is 0 Å². The third-order valence-corrected chi connectivity index (χ3v) is 6.84. The van der Waals surface area contributed by atoms with E-state index in [0.717, 1.165) is 39.4 Å². The molecular formula is C34H23NO. The van der Waals surface area contributed by atoms with Crippen LogP contribution < -0.4 is 4.90 Å². The zero-order chi connectivity index (χ0) is 23.9. The molecule has 170 valence electrons. The first kappa shape index (κ1) is 20.5.